The summed E-state index contributed by atoms with van der Waals surface area (Å²) < 4.78 is 0. The van der Waals surface area contributed by atoms with Crippen LogP contribution in [-0.2, 0) is 6.42 Å². The van der Waals surface area contributed by atoms with Crippen molar-refractivity contribution in [2.24, 2.45) is 0 Å². The molecule has 0 aromatic carbocycles. The standard InChI is InChI=1S/C8H14N2.C2H6/c1-4-7-5-8(6(2)3)10-9-7;1-2/h5-6H,4H2,1-3H3,(H,9,10);1-2H3. The van der Waals surface area contributed by atoms with E-state index in [1.54, 1.807) is 0 Å². The smallest absolute Gasteiger partial charge is 0.0650 e. The molecule has 2 nitrogen and oxygen atoms in total. The first-order valence-corrected chi connectivity index (χ1v) is 4.78. The Morgan fingerprint density at radius 3 is 2.25 bits per heavy atom. The van der Waals surface area contributed by atoms with Crippen LogP contribution in [0.3, 0.4) is 0 Å². The molecule has 1 N–H and O–H groups in total. The Hall–Kier alpha value is -0.790. The number of aryl methyl sites for hydroxylation is 1. The summed E-state index contributed by atoms with van der Waals surface area (Å²) in [6, 6.07) is 2.13. The molecule has 0 amide bonds. The van der Waals surface area contributed by atoms with Gasteiger partial charge in [-0.15, -0.1) is 0 Å². The fraction of sp³-hybridized carbons (Fsp3) is 0.700. The van der Waals surface area contributed by atoms with Crippen molar-refractivity contribution in [1.29, 1.82) is 0 Å². The quantitative estimate of drug-likeness (QED) is 0.722. The number of nitrogens with one attached hydrogen (secondary N) is 1. The SMILES string of the molecule is CC.CCc1cc(C(C)C)n[nH]1. The minimum atomic E-state index is 0.538. The van der Waals surface area contributed by atoms with Crippen LogP contribution in [0, 0.1) is 0 Å². The Labute approximate surface area is 75.4 Å². The summed E-state index contributed by atoms with van der Waals surface area (Å²) in [6.45, 7) is 10.4. The molecule has 2 heteroatoms. The van der Waals surface area contributed by atoms with Crippen molar-refractivity contribution >= 4 is 0 Å². The van der Waals surface area contributed by atoms with Gasteiger partial charge in [0.1, 0.15) is 0 Å². The maximum absolute atomic E-state index is 4.16. The predicted molar refractivity (Wildman–Crippen MR) is 53.4 cm³/mol. The van der Waals surface area contributed by atoms with Crippen LogP contribution < -0.4 is 0 Å². The number of aromatic nitrogens is 2. The van der Waals surface area contributed by atoms with E-state index in [4.69, 9.17) is 0 Å². The first kappa shape index (κ1) is 11.2. The van der Waals surface area contributed by atoms with E-state index >= 15 is 0 Å². The second-order valence-electron chi connectivity index (χ2n) is 2.83. The average Bonchev–Trinajstić information content (AvgIpc) is 2.55. The lowest BCUT2D eigenvalue weighted by Gasteiger charge is -1.94. The monoisotopic (exact) mass is 168 g/mol. The van der Waals surface area contributed by atoms with Gasteiger partial charge in [-0.3, -0.25) is 5.10 Å². The number of aromatic amines is 1. The van der Waals surface area contributed by atoms with E-state index in [0.717, 1.165) is 12.1 Å². The van der Waals surface area contributed by atoms with Gasteiger partial charge in [0.05, 0.1) is 5.69 Å². The molecule has 0 unspecified atom stereocenters. The highest BCUT2D eigenvalue weighted by Gasteiger charge is 2.02. The maximum Gasteiger partial charge on any atom is 0.0650 e. The Morgan fingerprint density at radius 1 is 1.42 bits per heavy atom. The molecule has 1 heterocycles. The summed E-state index contributed by atoms with van der Waals surface area (Å²) >= 11 is 0. The molecule has 0 saturated carbocycles. The molecule has 12 heavy (non-hydrogen) atoms. The Balaban J connectivity index is 0.000000561. The van der Waals surface area contributed by atoms with E-state index in [0.29, 0.717) is 5.92 Å². The van der Waals surface area contributed by atoms with Crippen molar-refractivity contribution in [3.63, 3.8) is 0 Å². The van der Waals surface area contributed by atoms with Gasteiger partial charge in [0.25, 0.3) is 0 Å². The van der Waals surface area contributed by atoms with Crippen molar-refractivity contribution in [1.82, 2.24) is 10.2 Å². The van der Waals surface area contributed by atoms with Gasteiger partial charge in [-0.1, -0.05) is 34.6 Å². The van der Waals surface area contributed by atoms with Crippen LogP contribution >= 0.6 is 0 Å². The molecule has 0 radical (unpaired) electrons. The van der Waals surface area contributed by atoms with E-state index in [9.17, 15) is 0 Å². The molecule has 70 valence electrons. The van der Waals surface area contributed by atoms with E-state index in [2.05, 4.69) is 37.0 Å². The number of H-pyrrole nitrogens is 1. The highest BCUT2D eigenvalue weighted by Crippen LogP contribution is 2.11. The zero-order valence-corrected chi connectivity index (χ0v) is 8.81. The van der Waals surface area contributed by atoms with Crippen LogP contribution in [0.15, 0.2) is 6.07 Å². The van der Waals surface area contributed by atoms with Gasteiger partial charge >= 0.3 is 0 Å². The zero-order valence-electron chi connectivity index (χ0n) is 8.81. The molecule has 0 atom stereocenters. The highest BCUT2D eigenvalue weighted by atomic mass is 15.1. The number of nitrogens with zero attached hydrogens (tertiary/aromatic N) is 1. The van der Waals surface area contributed by atoms with Gasteiger partial charge in [0, 0.05) is 5.69 Å². The van der Waals surface area contributed by atoms with Gasteiger partial charge < -0.3 is 0 Å². The van der Waals surface area contributed by atoms with Crippen LogP contribution in [0.5, 0.6) is 0 Å². The second kappa shape index (κ2) is 5.81. The minimum Gasteiger partial charge on any atom is -0.282 e. The zero-order chi connectivity index (χ0) is 9.56. The average molecular weight is 168 g/mol. The summed E-state index contributed by atoms with van der Waals surface area (Å²) in [5.41, 5.74) is 2.39. The summed E-state index contributed by atoms with van der Waals surface area (Å²) in [5.74, 6) is 0.538. The highest BCUT2D eigenvalue weighted by molar-refractivity contribution is 5.11. The summed E-state index contributed by atoms with van der Waals surface area (Å²) in [5, 5.41) is 7.15. The number of hydrogen-bond acceptors (Lipinski definition) is 1. The first-order valence-electron chi connectivity index (χ1n) is 4.78. The lowest BCUT2D eigenvalue weighted by atomic mass is 10.1. The van der Waals surface area contributed by atoms with Crippen molar-refractivity contribution in [2.45, 2.75) is 47.0 Å². The molecular weight excluding hydrogens is 148 g/mol. The number of hydrogen-bond donors (Lipinski definition) is 1. The molecule has 1 aromatic rings. The van der Waals surface area contributed by atoms with Gasteiger partial charge in [-0.25, -0.2) is 0 Å². The molecule has 0 spiro atoms. The van der Waals surface area contributed by atoms with Crippen LogP contribution in [0.1, 0.15) is 51.9 Å². The molecule has 0 aliphatic rings. The minimum absolute atomic E-state index is 0.538. The molecule has 0 saturated heterocycles. The van der Waals surface area contributed by atoms with Crippen molar-refractivity contribution < 1.29 is 0 Å². The molecule has 0 aliphatic heterocycles. The van der Waals surface area contributed by atoms with Crippen LogP contribution in [0.2, 0.25) is 0 Å². The predicted octanol–water partition coefficient (Wildman–Crippen LogP) is 3.12. The summed E-state index contributed by atoms with van der Waals surface area (Å²) in [7, 11) is 0. The van der Waals surface area contributed by atoms with E-state index < -0.39 is 0 Å². The maximum atomic E-state index is 4.16. The summed E-state index contributed by atoms with van der Waals surface area (Å²) in [6.07, 6.45) is 1.04. The summed E-state index contributed by atoms with van der Waals surface area (Å²) in [4.78, 5) is 0. The Bertz CT molecular complexity index is 201. The van der Waals surface area contributed by atoms with E-state index in [1.807, 2.05) is 13.8 Å². The molecule has 1 aromatic heterocycles. The topological polar surface area (TPSA) is 28.7 Å². The molecular formula is C10H20N2. The Kier molecular flexibility index (Phi) is 5.43. The van der Waals surface area contributed by atoms with Crippen molar-refractivity contribution in [3.05, 3.63) is 17.5 Å². The van der Waals surface area contributed by atoms with Crippen molar-refractivity contribution in [3.8, 4) is 0 Å². The van der Waals surface area contributed by atoms with E-state index in [-0.39, 0.29) is 0 Å². The van der Waals surface area contributed by atoms with Gasteiger partial charge in [0.15, 0.2) is 0 Å². The van der Waals surface area contributed by atoms with Gasteiger partial charge in [0.2, 0.25) is 0 Å². The Morgan fingerprint density at radius 2 is 2.00 bits per heavy atom. The van der Waals surface area contributed by atoms with Crippen molar-refractivity contribution in [2.75, 3.05) is 0 Å². The van der Waals surface area contributed by atoms with Gasteiger partial charge in [-0.2, -0.15) is 5.10 Å². The van der Waals surface area contributed by atoms with Crippen LogP contribution in [0.25, 0.3) is 0 Å². The van der Waals surface area contributed by atoms with E-state index in [1.165, 1.54) is 5.69 Å². The molecule has 0 bridgehead atoms. The largest absolute Gasteiger partial charge is 0.282 e. The molecule has 0 aliphatic carbocycles. The third-order valence-electron chi connectivity index (χ3n) is 1.62. The van der Waals surface area contributed by atoms with Crippen LogP contribution in [0.4, 0.5) is 0 Å². The molecule has 0 fully saturated rings. The third-order valence-corrected chi connectivity index (χ3v) is 1.62. The lowest BCUT2D eigenvalue weighted by Crippen LogP contribution is -1.85. The first-order chi connectivity index (χ1) is 5.74. The van der Waals surface area contributed by atoms with Crippen LogP contribution in [-0.4, -0.2) is 10.2 Å². The lowest BCUT2D eigenvalue weighted by molar-refractivity contribution is 0.808. The third kappa shape index (κ3) is 3.07. The fourth-order valence-electron chi connectivity index (χ4n) is 0.856. The number of rotatable bonds is 2. The fourth-order valence-corrected chi connectivity index (χ4v) is 0.856. The second-order valence-corrected chi connectivity index (χ2v) is 2.83. The van der Waals surface area contributed by atoms with Gasteiger partial charge in [-0.05, 0) is 18.4 Å². The molecule has 1 rings (SSSR count). The normalized spacial score (nSPS) is 9.50.